The van der Waals surface area contributed by atoms with Gasteiger partial charge in [0, 0.05) is 0 Å². The van der Waals surface area contributed by atoms with Crippen LogP contribution in [0.2, 0.25) is 0 Å². The molecule has 0 aromatic carbocycles. The quantitative estimate of drug-likeness (QED) is 0.333. The lowest BCUT2D eigenvalue weighted by molar-refractivity contribution is 1.47. The zero-order valence-electron chi connectivity index (χ0n) is 6.82. The SMILES string of the molecule is C=N/C(Cl)=C\C(=C)C.CC. The third kappa shape index (κ3) is 10.4. The van der Waals surface area contributed by atoms with E-state index >= 15 is 0 Å². The van der Waals surface area contributed by atoms with Gasteiger partial charge in [-0.25, -0.2) is 0 Å². The molecule has 0 atom stereocenters. The smallest absolute Gasteiger partial charge is 0.128 e. The summed E-state index contributed by atoms with van der Waals surface area (Å²) in [6.45, 7) is 12.7. The van der Waals surface area contributed by atoms with Crippen LogP contribution in [-0.4, -0.2) is 6.72 Å². The lowest BCUT2D eigenvalue weighted by Crippen LogP contribution is -1.64. The Morgan fingerprint density at radius 2 is 1.90 bits per heavy atom. The largest absolute Gasteiger partial charge is 0.252 e. The van der Waals surface area contributed by atoms with Crippen LogP contribution in [0.3, 0.4) is 0 Å². The minimum atomic E-state index is 0.387. The number of hydrogen-bond donors (Lipinski definition) is 0. The van der Waals surface area contributed by atoms with Crippen LogP contribution in [0, 0.1) is 0 Å². The number of aliphatic imine (C=N–C) groups is 1. The van der Waals surface area contributed by atoms with E-state index in [1.54, 1.807) is 6.08 Å². The summed E-state index contributed by atoms with van der Waals surface area (Å²) in [5, 5.41) is 0.387. The molecule has 0 saturated carbocycles. The predicted octanol–water partition coefficient (Wildman–Crippen LogP) is 3.37. The lowest BCUT2D eigenvalue weighted by atomic mass is 10.3. The van der Waals surface area contributed by atoms with E-state index in [1.165, 1.54) is 0 Å². The van der Waals surface area contributed by atoms with E-state index in [0.717, 1.165) is 5.57 Å². The number of halogens is 1. The molecule has 0 amide bonds. The van der Waals surface area contributed by atoms with Crippen LogP contribution in [0.4, 0.5) is 0 Å². The standard InChI is InChI=1S/C6H8ClN.C2H6/c1-5(2)4-6(7)8-3;1-2/h4H,1,3H2,2H3;1-2H3/b6-4-;. The molecular formula is C8H14ClN. The summed E-state index contributed by atoms with van der Waals surface area (Å²) < 4.78 is 0. The number of rotatable bonds is 2. The molecule has 0 aromatic rings. The molecule has 0 aliphatic rings. The molecule has 0 saturated heterocycles. The fourth-order valence-corrected chi connectivity index (χ4v) is 0.435. The van der Waals surface area contributed by atoms with Gasteiger partial charge < -0.3 is 0 Å². The molecule has 0 rings (SSSR count). The molecule has 0 radical (unpaired) electrons. The molecule has 0 bridgehead atoms. The Labute approximate surface area is 68.1 Å². The van der Waals surface area contributed by atoms with E-state index in [9.17, 15) is 0 Å². The average molecular weight is 160 g/mol. The number of hydrogen-bond acceptors (Lipinski definition) is 1. The molecule has 0 spiro atoms. The Kier molecular flexibility index (Phi) is 10.3. The lowest BCUT2D eigenvalue weighted by Gasteiger charge is -1.84. The van der Waals surface area contributed by atoms with Crippen LogP contribution >= 0.6 is 11.6 Å². The van der Waals surface area contributed by atoms with Crippen molar-refractivity contribution in [1.82, 2.24) is 0 Å². The maximum absolute atomic E-state index is 5.43. The van der Waals surface area contributed by atoms with Crippen LogP contribution in [-0.2, 0) is 0 Å². The first kappa shape index (κ1) is 12.1. The van der Waals surface area contributed by atoms with E-state index in [1.807, 2.05) is 20.8 Å². The highest BCUT2D eigenvalue weighted by atomic mass is 35.5. The summed E-state index contributed by atoms with van der Waals surface area (Å²) in [7, 11) is 0. The van der Waals surface area contributed by atoms with Crippen molar-refractivity contribution in [3.05, 3.63) is 23.4 Å². The second kappa shape index (κ2) is 8.44. The summed E-state index contributed by atoms with van der Waals surface area (Å²) in [6.07, 6.45) is 1.65. The molecule has 0 heterocycles. The van der Waals surface area contributed by atoms with Crippen molar-refractivity contribution in [3.63, 3.8) is 0 Å². The predicted molar refractivity (Wildman–Crippen MR) is 49.6 cm³/mol. The first-order valence-electron chi connectivity index (χ1n) is 3.16. The molecule has 0 N–H and O–H groups in total. The van der Waals surface area contributed by atoms with Crippen molar-refractivity contribution < 1.29 is 0 Å². The van der Waals surface area contributed by atoms with Gasteiger partial charge in [0.1, 0.15) is 5.16 Å². The zero-order chi connectivity index (χ0) is 8.57. The van der Waals surface area contributed by atoms with Gasteiger partial charge in [-0.2, -0.15) is 0 Å². The molecule has 0 unspecified atom stereocenters. The molecule has 10 heavy (non-hydrogen) atoms. The van der Waals surface area contributed by atoms with Crippen LogP contribution in [0.5, 0.6) is 0 Å². The fourth-order valence-electron chi connectivity index (χ4n) is 0.249. The van der Waals surface area contributed by atoms with Gasteiger partial charge in [-0.1, -0.05) is 37.6 Å². The topological polar surface area (TPSA) is 12.4 Å². The molecule has 0 aliphatic carbocycles. The molecule has 0 aliphatic heterocycles. The van der Waals surface area contributed by atoms with Crippen LogP contribution in [0.15, 0.2) is 28.4 Å². The highest BCUT2D eigenvalue weighted by Gasteiger charge is 1.80. The molecule has 0 fully saturated rings. The maximum atomic E-state index is 5.43. The van der Waals surface area contributed by atoms with E-state index in [4.69, 9.17) is 11.6 Å². The van der Waals surface area contributed by atoms with Crippen LogP contribution in [0.25, 0.3) is 0 Å². The van der Waals surface area contributed by atoms with E-state index in [0.29, 0.717) is 5.16 Å². The maximum Gasteiger partial charge on any atom is 0.128 e. The van der Waals surface area contributed by atoms with Gasteiger partial charge in [-0.05, 0) is 19.7 Å². The van der Waals surface area contributed by atoms with Gasteiger partial charge >= 0.3 is 0 Å². The Balaban J connectivity index is 0. The highest BCUT2D eigenvalue weighted by Crippen LogP contribution is 2.04. The van der Waals surface area contributed by atoms with Gasteiger partial charge in [0.05, 0.1) is 0 Å². The van der Waals surface area contributed by atoms with Gasteiger partial charge in [0.2, 0.25) is 0 Å². The van der Waals surface area contributed by atoms with Gasteiger partial charge in [-0.3, -0.25) is 4.99 Å². The summed E-state index contributed by atoms with van der Waals surface area (Å²) in [6, 6.07) is 0. The number of allylic oxidation sites excluding steroid dienone is 2. The summed E-state index contributed by atoms with van der Waals surface area (Å²) >= 11 is 5.43. The zero-order valence-corrected chi connectivity index (χ0v) is 7.57. The fraction of sp³-hybridized carbons (Fsp3) is 0.375. The Morgan fingerprint density at radius 3 is 2.00 bits per heavy atom. The summed E-state index contributed by atoms with van der Waals surface area (Å²) in [5.74, 6) is 0. The van der Waals surface area contributed by atoms with Crippen molar-refractivity contribution in [2.75, 3.05) is 0 Å². The van der Waals surface area contributed by atoms with Gasteiger partial charge in [-0.15, -0.1) is 0 Å². The van der Waals surface area contributed by atoms with Gasteiger partial charge in [0.25, 0.3) is 0 Å². The Morgan fingerprint density at radius 1 is 1.50 bits per heavy atom. The third-order valence-electron chi connectivity index (χ3n) is 0.517. The van der Waals surface area contributed by atoms with Crippen molar-refractivity contribution >= 4 is 18.3 Å². The monoisotopic (exact) mass is 159 g/mol. The van der Waals surface area contributed by atoms with Crippen molar-refractivity contribution in [1.29, 1.82) is 0 Å². The summed E-state index contributed by atoms with van der Waals surface area (Å²) in [4.78, 5) is 3.44. The Bertz CT molecular complexity index is 136. The third-order valence-corrected chi connectivity index (χ3v) is 0.745. The molecular weight excluding hydrogens is 146 g/mol. The van der Waals surface area contributed by atoms with E-state index in [-0.39, 0.29) is 0 Å². The van der Waals surface area contributed by atoms with Crippen LogP contribution < -0.4 is 0 Å². The van der Waals surface area contributed by atoms with Crippen molar-refractivity contribution in [2.24, 2.45) is 4.99 Å². The van der Waals surface area contributed by atoms with Gasteiger partial charge in [0.15, 0.2) is 0 Å². The first-order valence-corrected chi connectivity index (χ1v) is 3.54. The second-order valence-corrected chi connectivity index (χ2v) is 1.86. The van der Waals surface area contributed by atoms with Crippen LogP contribution in [0.1, 0.15) is 20.8 Å². The average Bonchev–Trinajstić information content (AvgIpc) is 1.91. The Hall–Kier alpha value is -0.560. The minimum absolute atomic E-state index is 0.387. The minimum Gasteiger partial charge on any atom is -0.252 e. The van der Waals surface area contributed by atoms with Crippen molar-refractivity contribution in [2.45, 2.75) is 20.8 Å². The van der Waals surface area contributed by atoms with Crippen molar-refractivity contribution in [3.8, 4) is 0 Å². The number of nitrogens with zero attached hydrogens (tertiary/aromatic N) is 1. The molecule has 2 heteroatoms. The second-order valence-electron chi connectivity index (χ2n) is 1.47. The molecule has 0 aromatic heterocycles. The highest BCUT2D eigenvalue weighted by molar-refractivity contribution is 6.29. The summed E-state index contributed by atoms with van der Waals surface area (Å²) in [5.41, 5.74) is 0.877. The normalized spacial score (nSPS) is 9.40. The molecule has 1 nitrogen and oxygen atoms in total. The van der Waals surface area contributed by atoms with E-state index in [2.05, 4.69) is 18.3 Å². The molecule has 58 valence electrons. The first-order chi connectivity index (χ1) is 4.66. The van der Waals surface area contributed by atoms with E-state index < -0.39 is 0 Å².